The third-order valence-corrected chi connectivity index (χ3v) is 3.69. The van der Waals surface area contributed by atoms with Crippen LogP contribution in [-0.2, 0) is 6.54 Å². The smallest absolute Gasteiger partial charge is 0.182 e. The Balaban J connectivity index is 1.80. The molecule has 0 unspecified atom stereocenters. The van der Waals surface area contributed by atoms with E-state index in [9.17, 15) is 4.39 Å². The van der Waals surface area contributed by atoms with E-state index in [4.69, 9.17) is 5.73 Å². The molecule has 0 bridgehead atoms. The number of aromatic nitrogens is 4. The number of hydrogen-bond donors (Lipinski definition) is 2. The molecule has 1 saturated carbocycles. The average Bonchev–Trinajstić information content (AvgIpc) is 3.10. The molecule has 5 nitrogen and oxygen atoms in total. The molecule has 4 rings (SSSR count). The predicted molar refractivity (Wildman–Crippen MR) is 73.8 cm³/mol. The van der Waals surface area contributed by atoms with Gasteiger partial charge in [0.15, 0.2) is 5.65 Å². The van der Waals surface area contributed by atoms with E-state index in [2.05, 4.69) is 15.3 Å². The predicted octanol–water partition coefficient (Wildman–Crippen LogP) is 2.41. The van der Waals surface area contributed by atoms with Gasteiger partial charge in [0, 0.05) is 5.92 Å². The Bertz CT molecular complexity index is 784. The molecule has 6 heteroatoms. The van der Waals surface area contributed by atoms with Crippen LogP contribution in [0.3, 0.4) is 0 Å². The molecule has 0 saturated heterocycles. The number of hydrogen-bond acceptors (Lipinski definition) is 3. The largest absolute Gasteiger partial charge is 0.383 e. The number of nitrogen functional groups attached to an aromatic ring is 1. The Kier molecular flexibility index (Phi) is 2.33. The van der Waals surface area contributed by atoms with Gasteiger partial charge >= 0.3 is 0 Å². The molecule has 0 amide bonds. The Morgan fingerprint density at radius 1 is 1.40 bits per heavy atom. The van der Waals surface area contributed by atoms with Crippen LogP contribution in [-0.4, -0.2) is 20.0 Å². The van der Waals surface area contributed by atoms with Crippen molar-refractivity contribution in [2.45, 2.75) is 25.3 Å². The van der Waals surface area contributed by atoms with Gasteiger partial charge in [-0.25, -0.2) is 9.07 Å². The lowest BCUT2D eigenvalue weighted by Crippen LogP contribution is -2.03. The summed E-state index contributed by atoms with van der Waals surface area (Å²) in [6.45, 7) is 0.491. The van der Waals surface area contributed by atoms with Gasteiger partial charge in [-0.2, -0.15) is 10.2 Å². The second kappa shape index (κ2) is 4.06. The minimum absolute atomic E-state index is 0.241. The van der Waals surface area contributed by atoms with Crippen molar-refractivity contribution in [2.75, 3.05) is 5.73 Å². The molecule has 3 N–H and O–H groups in total. The maximum absolute atomic E-state index is 13.3. The Labute approximate surface area is 114 Å². The van der Waals surface area contributed by atoms with Crippen LogP contribution in [0.2, 0.25) is 0 Å². The van der Waals surface area contributed by atoms with Gasteiger partial charge in [0.25, 0.3) is 0 Å². The summed E-state index contributed by atoms with van der Waals surface area (Å²) in [5, 5.41) is 12.6. The van der Waals surface area contributed by atoms with Crippen LogP contribution in [0.25, 0.3) is 11.0 Å². The number of benzene rings is 1. The van der Waals surface area contributed by atoms with Crippen LogP contribution in [0.15, 0.2) is 24.3 Å². The summed E-state index contributed by atoms with van der Waals surface area (Å²) < 4.78 is 15.1. The number of fused-ring (bicyclic) bond motifs is 1. The first kappa shape index (κ1) is 11.5. The first-order chi connectivity index (χ1) is 9.72. The van der Waals surface area contributed by atoms with Gasteiger partial charge in [0.2, 0.25) is 0 Å². The quantitative estimate of drug-likeness (QED) is 0.768. The summed E-state index contributed by atoms with van der Waals surface area (Å²) in [6.07, 6.45) is 2.30. The standard InChI is InChI=1S/C14H14FN5/c15-10-3-1-2-8(6-10)7-20-14-11(13(16)17-18-14)12(19-20)9-4-5-9/h1-3,6,9H,4-5,7H2,(H3,16,17,18). The Morgan fingerprint density at radius 2 is 2.25 bits per heavy atom. The van der Waals surface area contributed by atoms with Gasteiger partial charge < -0.3 is 5.73 Å². The molecule has 2 aromatic heterocycles. The molecule has 1 fully saturated rings. The van der Waals surface area contributed by atoms with Crippen LogP contribution < -0.4 is 5.73 Å². The molecule has 0 spiro atoms. The van der Waals surface area contributed by atoms with Crippen molar-refractivity contribution in [1.29, 1.82) is 0 Å². The summed E-state index contributed by atoms with van der Waals surface area (Å²) in [5.74, 6) is 0.813. The third-order valence-electron chi connectivity index (χ3n) is 3.69. The lowest BCUT2D eigenvalue weighted by molar-refractivity contribution is 0.619. The summed E-state index contributed by atoms with van der Waals surface area (Å²) in [5.41, 5.74) is 8.56. The average molecular weight is 271 g/mol. The Hall–Kier alpha value is -2.37. The van der Waals surface area contributed by atoms with Gasteiger partial charge in [-0.1, -0.05) is 12.1 Å². The van der Waals surface area contributed by atoms with Crippen LogP contribution in [0.4, 0.5) is 10.2 Å². The summed E-state index contributed by atoms with van der Waals surface area (Å²) >= 11 is 0. The van der Waals surface area contributed by atoms with E-state index in [-0.39, 0.29) is 5.82 Å². The van der Waals surface area contributed by atoms with E-state index < -0.39 is 0 Å². The van der Waals surface area contributed by atoms with Gasteiger partial charge in [-0.05, 0) is 30.5 Å². The molecule has 1 aliphatic rings. The number of anilines is 1. The fraction of sp³-hybridized carbons (Fsp3) is 0.286. The lowest BCUT2D eigenvalue weighted by atomic mass is 10.2. The summed E-state index contributed by atoms with van der Waals surface area (Å²) in [6, 6.07) is 6.53. The maximum atomic E-state index is 13.3. The molecule has 0 aliphatic heterocycles. The SMILES string of the molecule is Nc1[nH]nc2c1c(C1CC1)nn2Cc1cccc(F)c1. The monoisotopic (exact) mass is 271 g/mol. The van der Waals surface area contributed by atoms with Crippen LogP contribution in [0.5, 0.6) is 0 Å². The molecule has 1 aromatic carbocycles. The van der Waals surface area contributed by atoms with E-state index in [1.165, 1.54) is 12.1 Å². The molecule has 2 heterocycles. The second-order valence-corrected chi connectivity index (χ2v) is 5.28. The van der Waals surface area contributed by atoms with E-state index in [0.717, 1.165) is 35.1 Å². The number of nitrogens with two attached hydrogens (primary N) is 1. The van der Waals surface area contributed by atoms with Crippen LogP contribution in [0, 0.1) is 5.82 Å². The first-order valence-corrected chi connectivity index (χ1v) is 6.67. The zero-order chi connectivity index (χ0) is 13.7. The molecular formula is C14H14FN5. The van der Waals surface area contributed by atoms with Crippen molar-refractivity contribution in [3.05, 3.63) is 41.3 Å². The van der Waals surface area contributed by atoms with Gasteiger partial charge in [-0.3, -0.25) is 5.10 Å². The van der Waals surface area contributed by atoms with Crippen molar-refractivity contribution in [3.8, 4) is 0 Å². The maximum Gasteiger partial charge on any atom is 0.182 e. The second-order valence-electron chi connectivity index (χ2n) is 5.28. The minimum Gasteiger partial charge on any atom is -0.383 e. The van der Waals surface area contributed by atoms with Crippen LogP contribution >= 0.6 is 0 Å². The molecule has 102 valence electrons. The molecular weight excluding hydrogens is 257 g/mol. The zero-order valence-corrected chi connectivity index (χ0v) is 10.8. The number of rotatable bonds is 3. The number of halogens is 1. The van der Waals surface area contributed by atoms with Gasteiger partial charge in [-0.15, -0.1) is 0 Å². The van der Waals surface area contributed by atoms with E-state index in [1.807, 2.05) is 6.07 Å². The van der Waals surface area contributed by atoms with Crippen molar-refractivity contribution in [2.24, 2.45) is 0 Å². The van der Waals surface area contributed by atoms with Crippen molar-refractivity contribution in [3.63, 3.8) is 0 Å². The number of H-pyrrole nitrogens is 1. The van der Waals surface area contributed by atoms with E-state index in [1.54, 1.807) is 10.7 Å². The molecule has 20 heavy (non-hydrogen) atoms. The van der Waals surface area contributed by atoms with Crippen molar-refractivity contribution < 1.29 is 4.39 Å². The highest BCUT2D eigenvalue weighted by Crippen LogP contribution is 2.43. The molecule has 0 atom stereocenters. The van der Waals surface area contributed by atoms with Crippen molar-refractivity contribution in [1.82, 2.24) is 20.0 Å². The highest BCUT2D eigenvalue weighted by atomic mass is 19.1. The van der Waals surface area contributed by atoms with Gasteiger partial charge in [0.05, 0.1) is 17.6 Å². The van der Waals surface area contributed by atoms with Gasteiger partial charge in [0.1, 0.15) is 11.6 Å². The summed E-state index contributed by atoms with van der Waals surface area (Å²) in [7, 11) is 0. The molecule has 1 aliphatic carbocycles. The van der Waals surface area contributed by atoms with Crippen molar-refractivity contribution >= 4 is 16.9 Å². The first-order valence-electron chi connectivity index (χ1n) is 6.67. The third kappa shape index (κ3) is 1.76. The molecule has 3 aromatic rings. The number of nitrogens with zero attached hydrogens (tertiary/aromatic N) is 3. The van der Waals surface area contributed by atoms with Crippen LogP contribution in [0.1, 0.15) is 30.0 Å². The highest BCUT2D eigenvalue weighted by molar-refractivity contribution is 5.89. The molecule has 0 radical (unpaired) electrons. The zero-order valence-electron chi connectivity index (χ0n) is 10.8. The topological polar surface area (TPSA) is 72.5 Å². The number of aromatic amines is 1. The minimum atomic E-state index is -0.241. The Morgan fingerprint density at radius 3 is 3.00 bits per heavy atom. The normalized spacial score (nSPS) is 15.1. The fourth-order valence-corrected chi connectivity index (χ4v) is 2.57. The van der Waals surface area contributed by atoms with E-state index in [0.29, 0.717) is 18.3 Å². The fourth-order valence-electron chi connectivity index (χ4n) is 2.57. The number of nitrogens with one attached hydrogen (secondary N) is 1. The lowest BCUT2D eigenvalue weighted by Gasteiger charge is -2.02. The highest BCUT2D eigenvalue weighted by Gasteiger charge is 2.31. The summed E-state index contributed by atoms with van der Waals surface area (Å²) in [4.78, 5) is 0. The van der Waals surface area contributed by atoms with E-state index >= 15 is 0 Å².